The molecule has 1 N–H and O–H groups in total. The number of esters is 1. The van der Waals surface area contributed by atoms with E-state index < -0.39 is 16.8 Å². The van der Waals surface area contributed by atoms with Gasteiger partial charge in [-0.05, 0) is 68.2 Å². The summed E-state index contributed by atoms with van der Waals surface area (Å²) in [5.41, 5.74) is 4.04. The van der Waals surface area contributed by atoms with Crippen molar-refractivity contribution < 1.29 is 24.0 Å². The van der Waals surface area contributed by atoms with Gasteiger partial charge >= 0.3 is 5.97 Å². The molecule has 1 saturated carbocycles. The lowest BCUT2D eigenvalue weighted by molar-refractivity contribution is -0.384. The highest BCUT2D eigenvalue weighted by atomic mass is 16.6. The maximum absolute atomic E-state index is 13.7. The number of hydrogen-bond donors (Lipinski definition) is 1. The van der Waals surface area contributed by atoms with Gasteiger partial charge in [-0.15, -0.1) is 0 Å². The predicted octanol–water partition coefficient (Wildman–Crippen LogP) is 5.45. The number of ketones is 1. The minimum absolute atomic E-state index is 0.0121. The summed E-state index contributed by atoms with van der Waals surface area (Å²) in [6.07, 6.45) is 4.52. The summed E-state index contributed by atoms with van der Waals surface area (Å²) >= 11 is 0. The van der Waals surface area contributed by atoms with Gasteiger partial charge in [-0.3, -0.25) is 14.9 Å². The summed E-state index contributed by atoms with van der Waals surface area (Å²) in [6, 6.07) is 13.8. The van der Waals surface area contributed by atoms with Crippen LogP contribution >= 0.6 is 0 Å². The Labute approximate surface area is 215 Å². The summed E-state index contributed by atoms with van der Waals surface area (Å²) in [4.78, 5) is 38.0. The van der Waals surface area contributed by atoms with E-state index in [1.165, 1.54) is 12.1 Å². The van der Waals surface area contributed by atoms with Crippen molar-refractivity contribution in [3.8, 4) is 5.75 Å². The van der Waals surface area contributed by atoms with Crippen LogP contribution in [0, 0.1) is 10.1 Å². The Morgan fingerprint density at radius 2 is 1.65 bits per heavy atom. The molecule has 2 aromatic carbocycles. The van der Waals surface area contributed by atoms with Crippen LogP contribution in [0.15, 0.2) is 71.1 Å². The van der Waals surface area contributed by atoms with Gasteiger partial charge < -0.3 is 14.8 Å². The molecule has 192 valence electrons. The predicted molar refractivity (Wildman–Crippen MR) is 137 cm³/mol. The molecule has 1 fully saturated rings. The molecule has 2 atom stereocenters. The molecular weight excluding hydrogens is 472 g/mol. The third kappa shape index (κ3) is 4.88. The second kappa shape index (κ2) is 10.2. The van der Waals surface area contributed by atoms with Gasteiger partial charge in [0.05, 0.1) is 17.6 Å². The van der Waals surface area contributed by atoms with Crippen molar-refractivity contribution >= 4 is 17.4 Å². The van der Waals surface area contributed by atoms with E-state index >= 15 is 0 Å². The minimum atomic E-state index is -0.643. The van der Waals surface area contributed by atoms with E-state index in [0.29, 0.717) is 35.2 Å². The summed E-state index contributed by atoms with van der Waals surface area (Å²) < 4.78 is 11.1. The molecule has 0 radical (unpaired) electrons. The fourth-order valence-electron chi connectivity index (χ4n) is 5.76. The van der Waals surface area contributed by atoms with Crippen molar-refractivity contribution in [2.75, 3.05) is 7.11 Å². The van der Waals surface area contributed by atoms with Gasteiger partial charge in [-0.1, -0.05) is 24.3 Å². The Morgan fingerprint density at radius 1 is 1.00 bits per heavy atom. The number of carbonyl (C=O) groups excluding carboxylic acids is 2. The molecule has 8 heteroatoms. The van der Waals surface area contributed by atoms with E-state index in [9.17, 15) is 19.7 Å². The number of rotatable bonds is 6. The maximum atomic E-state index is 13.7. The Bertz CT molecular complexity index is 1290. The normalized spacial score (nSPS) is 21.9. The number of benzene rings is 2. The van der Waals surface area contributed by atoms with Crippen molar-refractivity contribution in [2.24, 2.45) is 0 Å². The van der Waals surface area contributed by atoms with Crippen molar-refractivity contribution in [3.63, 3.8) is 0 Å². The molecule has 0 bridgehead atoms. The van der Waals surface area contributed by atoms with E-state index in [1.54, 1.807) is 19.2 Å². The molecule has 2 aromatic rings. The molecule has 0 saturated heterocycles. The molecule has 0 amide bonds. The lowest BCUT2D eigenvalue weighted by Crippen LogP contribution is -2.36. The molecule has 3 aliphatic rings. The average molecular weight is 503 g/mol. The largest absolute Gasteiger partial charge is 0.497 e. The highest BCUT2D eigenvalue weighted by molar-refractivity contribution is 6.04. The van der Waals surface area contributed by atoms with E-state index in [-0.39, 0.29) is 23.5 Å². The number of hydrogen-bond acceptors (Lipinski definition) is 7. The third-order valence-corrected chi connectivity index (χ3v) is 7.65. The second-order valence-electron chi connectivity index (χ2n) is 9.95. The van der Waals surface area contributed by atoms with Crippen LogP contribution in [-0.2, 0) is 14.3 Å². The van der Waals surface area contributed by atoms with Crippen LogP contribution in [-0.4, -0.2) is 29.9 Å². The van der Waals surface area contributed by atoms with Gasteiger partial charge in [0.1, 0.15) is 11.9 Å². The number of nitro groups is 1. The summed E-state index contributed by atoms with van der Waals surface area (Å²) in [5, 5.41) is 14.6. The lowest BCUT2D eigenvalue weighted by atomic mass is 9.71. The van der Waals surface area contributed by atoms with Gasteiger partial charge in [-0.2, -0.15) is 0 Å². The summed E-state index contributed by atoms with van der Waals surface area (Å²) in [6.45, 7) is 1.83. The first-order valence-electron chi connectivity index (χ1n) is 12.7. The van der Waals surface area contributed by atoms with Crippen LogP contribution < -0.4 is 10.1 Å². The number of nitro benzene ring substituents is 1. The topological polar surface area (TPSA) is 108 Å². The molecular formula is C29H30N2O6. The van der Waals surface area contributed by atoms with Crippen LogP contribution in [0.1, 0.15) is 68.4 Å². The maximum Gasteiger partial charge on any atom is 0.337 e. The molecule has 1 heterocycles. The smallest absolute Gasteiger partial charge is 0.337 e. The van der Waals surface area contributed by atoms with Gasteiger partial charge in [0.15, 0.2) is 5.78 Å². The van der Waals surface area contributed by atoms with Crippen LogP contribution in [0.3, 0.4) is 0 Å². The summed E-state index contributed by atoms with van der Waals surface area (Å²) in [7, 11) is 1.62. The Morgan fingerprint density at radius 3 is 2.27 bits per heavy atom. The van der Waals surface area contributed by atoms with Crippen LogP contribution in [0.2, 0.25) is 0 Å². The quantitative estimate of drug-likeness (QED) is 0.318. The van der Waals surface area contributed by atoms with E-state index in [0.717, 1.165) is 42.7 Å². The number of non-ortho nitro benzene ring substituents is 1. The lowest BCUT2D eigenvalue weighted by Gasteiger charge is -2.37. The zero-order valence-corrected chi connectivity index (χ0v) is 21.0. The molecule has 5 rings (SSSR count). The fourth-order valence-corrected chi connectivity index (χ4v) is 5.76. The molecule has 2 aliphatic carbocycles. The van der Waals surface area contributed by atoms with Crippen molar-refractivity contribution in [3.05, 3.63) is 92.3 Å². The molecule has 8 nitrogen and oxygen atoms in total. The zero-order chi connectivity index (χ0) is 26.1. The number of Topliss-reactive ketones (excluding diaryl/α,β-unsaturated/α-hetero) is 1. The molecule has 37 heavy (non-hydrogen) atoms. The van der Waals surface area contributed by atoms with Crippen molar-refractivity contribution in [1.82, 2.24) is 5.32 Å². The van der Waals surface area contributed by atoms with E-state index in [4.69, 9.17) is 9.47 Å². The van der Waals surface area contributed by atoms with Gasteiger partial charge in [0.25, 0.3) is 5.69 Å². The van der Waals surface area contributed by atoms with Gasteiger partial charge in [0, 0.05) is 41.4 Å². The summed E-state index contributed by atoms with van der Waals surface area (Å²) in [5.74, 6) is -0.380. The minimum Gasteiger partial charge on any atom is -0.497 e. The second-order valence-corrected chi connectivity index (χ2v) is 9.95. The monoisotopic (exact) mass is 502 g/mol. The van der Waals surface area contributed by atoms with E-state index in [1.807, 2.05) is 31.2 Å². The molecule has 0 unspecified atom stereocenters. The van der Waals surface area contributed by atoms with E-state index in [2.05, 4.69) is 5.32 Å². The average Bonchev–Trinajstić information content (AvgIpc) is 3.40. The first-order chi connectivity index (χ1) is 17.9. The van der Waals surface area contributed by atoms with Gasteiger partial charge in [-0.25, -0.2) is 4.79 Å². The fraction of sp³-hybridized carbons (Fsp3) is 0.379. The molecule has 0 aromatic heterocycles. The first kappa shape index (κ1) is 24.7. The number of nitrogens with zero attached hydrogens (tertiary/aromatic N) is 1. The Kier molecular flexibility index (Phi) is 6.82. The number of nitrogens with one attached hydrogen (secondary N) is 1. The van der Waals surface area contributed by atoms with Crippen LogP contribution in [0.25, 0.3) is 0 Å². The number of dihydropyridines is 1. The highest BCUT2D eigenvalue weighted by Crippen LogP contribution is 2.46. The number of methoxy groups -OCH3 is 1. The third-order valence-electron chi connectivity index (χ3n) is 7.65. The molecule has 1 aliphatic heterocycles. The van der Waals surface area contributed by atoms with Crippen molar-refractivity contribution in [1.29, 1.82) is 0 Å². The number of ether oxygens (including phenoxy) is 2. The Hall–Kier alpha value is -3.94. The Balaban J connectivity index is 1.53. The number of allylic oxidation sites excluding steroid dienone is 3. The molecule has 0 spiro atoms. The van der Waals surface area contributed by atoms with Gasteiger partial charge in [0.2, 0.25) is 0 Å². The van der Waals surface area contributed by atoms with Crippen LogP contribution in [0.4, 0.5) is 5.69 Å². The number of carbonyl (C=O) groups is 2. The highest BCUT2D eigenvalue weighted by Gasteiger charge is 2.42. The zero-order valence-electron chi connectivity index (χ0n) is 21.0. The SMILES string of the molecule is COc1ccc([C@H]2CC(=O)C3=C(C2)NC(C)=C(C(=O)OC2CCCC2)[C@@H]3c2ccc([N+](=O)[O-])cc2)cc1. The first-order valence-corrected chi connectivity index (χ1v) is 12.7. The standard InChI is InChI=1S/C29H30N2O6/c1-17-26(29(33)37-23-5-3-4-6-23)27(19-7-11-21(12-8-19)31(34)35)28-24(30-17)15-20(16-25(28)32)18-9-13-22(36-2)14-10-18/h7-14,20,23,27,30H,3-6,15-16H2,1-2H3/t20-,27+/m1/s1. The van der Waals surface area contributed by atoms with Crippen molar-refractivity contribution in [2.45, 2.75) is 63.4 Å². The van der Waals surface area contributed by atoms with Crippen LogP contribution in [0.5, 0.6) is 5.75 Å².